The quantitative estimate of drug-likeness (QED) is 0.136. The molecule has 3 aromatic rings. The van der Waals surface area contributed by atoms with Crippen LogP contribution < -0.4 is 33.4 Å². The Balaban J connectivity index is 1.84. The van der Waals surface area contributed by atoms with Crippen molar-refractivity contribution in [2.24, 2.45) is 22.2 Å². The van der Waals surface area contributed by atoms with Crippen LogP contribution in [0.2, 0.25) is 5.15 Å². The highest BCUT2D eigenvalue weighted by Crippen LogP contribution is 2.26. The maximum absolute atomic E-state index is 13.2. The van der Waals surface area contributed by atoms with Gasteiger partial charge in [-0.2, -0.15) is 0 Å². The van der Waals surface area contributed by atoms with Crippen LogP contribution in [0.25, 0.3) is 11.3 Å². The number of nitrogens with two attached hydrogens (primary N) is 3. The monoisotopic (exact) mass is 495 g/mol. The SMILES string of the molecule is N=C(N)c1ccc(CNC(=O)Cn2c(-c3ccccc3)c(Cl)nc(NCCN=C(N)N)c2=O)cc1. The van der Waals surface area contributed by atoms with E-state index >= 15 is 0 Å². The van der Waals surface area contributed by atoms with Crippen LogP contribution in [0.5, 0.6) is 0 Å². The van der Waals surface area contributed by atoms with Crippen molar-refractivity contribution in [1.82, 2.24) is 14.9 Å². The van der Waals surface area contributed by atoms with E-state index in [9.17, 15) is 9.59 Å². The number of rotatable bonds is 10. The zero-order valence-corrected chi connectivity index (χ0v) is 19.5. The summed E-state index contributed by atoms with van der Waals surface area (Å²) in [5.74, 6) is -0.519. The van der Waals surface area contributed by atoms with Crippen molar-refractivity contribution in [3.63, 3.8) is 0 Å². The van der Waals surface area contributed by atoms with Crippen LogP contribution in [0.15, 0.2) is 64.4 Å². The molecule has 0 fully saturated rings. The Morgan fingerprint density at radius 2 is 1.77 bits per heavy atom. The van der Waals surface area contributed by atoms with Gasteiger partial charge in [-0.3, -0.25) is 24.6 Å². The van der Waals surface area contributed by atoms with E-state index in [-0.39, 0.29) is 48.9 Å². The predicted molar refractivity (Wildman–Crippen MR) is 137 cm³/mol. The second kappa shape index (κ2) is 11.7. The zero-order valence-electron chi connectivity index (χ0n) is 18.8. The smallest absolute Gasteiger partial charge is 0.294 e. The molecule has 0 radical (unpaired) electrons. The van der Waals surface area contributed by atoms with Crippen molar-refractivity contribution >= 4 is 35.1 Å². The molecule has 0 aliphatic heterocycles. The minimum Gasteiger partial charge on any atom is -0.384 e. The number of hydrogen-bond donors (Lipinski definition) is 6. The number of aliphatic imine (C=N–C) groups is 1. The van der Waals surface area contributed by atoms with E-state index in [1.807, 2.05) is 6.07 Å². The summed E-state index contributed by atoms with van der Waals surface area (Å²) in [7, 11) is 0. The first kappa shape index (κ1) is 25.2. The Kier molecular flexibility index (Phi) is 8.41. The molecule has 0 unspecified atom stereocenters. The lowest BCUT2D eigenvalue weighted by atomic mass is 10.1. The fourth-order valence-corrected chi connectivity index (χ4v) is 3.53. The topological polar surface area (TPSA) is 190 Å². The van der Waals surface area contributed by atoms with Gasteiger partial charge in [0.15, 0.2) is 16.9 Å². The molecule has 182 valence electrons. The first-order valence-corrected chi connectivity index (χ1v) is 11.0. The molecule has 0 saturated heterocycles. The van der Waals surface area contributed by atoms with Crippen molar-refractivity contribution < 1.29 is 4.79 Å². The van der Waals surface area contributed by atoms with E-state index < -0.39 is 11.5 Å². The number of anilines is 1. The van der Waals surface area contributed by atoms with Gasteiger partial charge in [0.25, 0.3) is 5.56 Å². The van der Waals surface area contributed by atoms with Crippen molar-refractivity contribution in [3.05, 3.63) is 81.2 Å². The third-order valence-electron chi connectivity index (χ3n) is 4.93. The van der Waals surface area contributed by atoms with Crippen molar-refractivity contribution in [3.8, 4) is 11.3 Å². The molecule has 1 heterocycles. The first-order chi connectivity index (χ1) is 16.8. The second-order valence-corrected chi connectivity index (χ2v) is 7.84. The van der Waals surface area contributed by atoms with Crippen molar-refractivity contribution in [2.75, 3.05) is 18.4 Å². The molecule has 11 nitrogen and oxygen atoms in total. The lowest BCUT2D eigenvalue weighted by Gasteiger charge is -2.16. The molecule has 0 spiro atoms. The molecule has 3 rings (SSSR count). The van der Waals surface area contributed by atoms with Crippen LogP contribution in [0, 0.1) is 5.41 Å². The number of amides is 1. The van der Waals surface area contributed by atoms with E-state index in [1.54, 1.807) is 48.5 Å². The van der Waals surface area contributed by atoms with Gasteiger partial charge < -0.3 is 27.8 Å². The van der Waals surface area contributed by atoms with Gasteiger partial charge in [-0.25, -0.2) is 4.98 Å². The van der Waals surface area contributed by atoms with Gasteiger partial charge in [-0.1, -0.05) is 66.2 Å². The van der Waals surface area contributed by atoms with Crippen LogP contribution >= 0.6 is 11.6 Å². The number of halogens is 1. The summed E-state index contributed by atoms with van der Waals surface area (Å²) in [6, 6.07) is 15.9. The fourth-order valence-electron chi connectivity index (χ4n) is 3.24. The van der Waals surface area contributed by atoms with E-state index in [4.69, 9.17) is 34.2 Å². The number of carbonyl (C=O) groups excluding carboxylic acids is 1. The Labute approximate surface area is 206 Å². The largest absolute Gasteiger partial charge is 0.384 e. The van der Waals surface area contributed by atoms with Crippen molar-refractivity contribution in [2.45, 2.75) is 13.1 Å². The summed E-state index contributed by atoms with van der Waals surface area (Å²) in [4.78, 5) is 34.1. The second-order valence-electron chi connectivity index (χ2n) is 7.48. The molecule has 1 aromatic heterocycles. The van der Waals surface area contributed by atoms with Gasteiger partial charge in [0, 0.05) is 24.2 Å². The van der Waals surface area contributed by atoms with Crippen LogP contribution in [0.1, 0.15) is 11.1 Å². The molecule has 9 N–H and O–H groups in total. The fraction of sp³-hybridized carbons (Fsp3) is 0.174. The molecule has 2 aromatic carbocycles. The van der Waals surface area contributed by atoms with Gasteiger partial charge in [0.1, 0.15) is 12.4 Å². The van der Waals surface area contributed by atoms with Gasteiger partial charge in [0.05, 0.1) is 12.2 Å². The maximum Gasteiger partial charge on any atom is 0.294 e. The molecular weight excluding hydrogens is 470 g/mol. The average molecular weight is 496 g/mol. The third kappa shape index (κ3) is 6.81. The Hall–Kier alpha value is -4.38. The highest BCUT2D eigenvalue weighted by molar-refractivity contribution is 6.32. The predicted octanol–water partition coefficient (Wildman–Crippen LogP) is 0.849. The zero-order chi connectivity index (χ0) is 25.4. The maximum atomic E-state index is 13.2. The number of nitrogens with zero attached hydrogens (tertiary/aromatic N) is 3. The van der Waals surface area contributed by atoms with E-state index in [2.05, 4.69) is 20.6 Å². The van der Waals surface area contributed by atoms with Crippen LogP contribution in [0.3, 0.4) is 0 Å². The normalized spacial score (nSPS) is 10.4. The number of carbonyl (C=O) groups is 1. The van der Waals surface area contributed by atoms with E-state index in [0.717, 1.165) is 5.56 Å². The Morgan fingerprint density at radius 3 is 2.40 bits per heavy atom. The number of nitrogen functional groups attached to an aromatic ring is 1. The highest BCUT2D eigenvalue weighted by Gasteiger charge is 2.19. The molecule has 1 amide bonds. The Bertz CT molecular complexity index is 1280. The standard InChI is InChI=1S/C23H26ClN9O2/c24-19-18(15-4-2-1-3-5-15)33(22(35)21(32-19)29-10-11-30-23(27)28)13-17(34)31-12-14-6-8-16(9-7-14)20(25)26/h1-9H,10-13H2,(H3,25,26)(H,29,32)(H,31,34)(H4,27,28,30). The molecule has 0 aliphatic carbocycles. The minimum atomic E-state index is -0.515. The molecule has 12 heteroatoms. The number of guanidine groups is 1. The van der Waals surface area contributed by atoms with Gasteiger partial charge in [-0.15, -0.1) is 0 Å². The number of amidine groups is 1. The molecule has 0 bridgehead atoms. The lowest BCUT2D eigenvalue weighted by Crippen LogP contribution is -2.35. The summed E-state index contributed by atoms with van der Waals surface area (Å²) >= 11 is 6.46. The van der Waals surface area contributed by atoms with E-state index in [1.165, 1.54) is 4.57 Å². The summed E-state index contributed by atoms with van der Waals surface area (Å²) in [5.41, 5.74) is 18.0. The highest BCUT2D eigenvalue weighted by atomic mass is 35.5. The van der Waals surface area contributed by atoms with Crippen LogP contribution in [-0.4, -0.2) is 40.3 Å². The summed E-state index contributed by atoms with van der Waals surface area (Å²) < 4.78 is 1.28. The van der Waals surface area contributed by atoms with Gasteiger partial charge in [-0.05, 0) is 5.56 Å². The summed E-state index contributed by atoms with van der Waals surface area (Å²) in [6.07, 6.45) is 0. The number of hydrogen-bond acceptors (Lipinski definition) is 6. The van der Waals surface area contributed by atoms with Gasteiger partial charge >= 0.3 is 0 Å². The van der Waals surface area contributed by atoms with Gasteiger partial charge in [0.2, 0.25) is 5.91 Å². The lowest BCUT2D eigenvalue weighted by molar-refractivity contribution is -0.121. The summed E-state index contributed by atoms with van der Waals surface area (Å²) in [6.45, 7) is 0.419. The molecule has 0 atom stereocenters. The average Bonchev–Trinajstić information content (AvgIpc) is 2.84. The Morgan fingerprint density at radius 1 is 1.09 bits per heavy atom. The molecule has 0 saturated carbocycles. The third-order valence-corrected chi connectivity index (χ3v) is 5.19. The number of benzene rings is 2. The summed E-state index contributed by atoms with van der Waals surface area (Å²) in [5, 5.41) is 13.2. The number of aromatic nitrogens is 2. The first-order valence-electron chi connectivity index (χ1n) is 10.6. The van der Waals surface area contributed by atoms with Crippen LogP contribution in [0.4, 0.5) is 5.82 Å². The number of nitrogens with one attached hydrogen (secondary N) is 3. The van der Waals surface area contributed by atoms with Crippen LogP contribution in [-0.2, 0) is 17.9 Å². The van der Waals surface area contributed by atoms with Crippen molar-refractivity contribution in [1.29, 1.82) is 5.41 Å². The molecule has 0 aliphatic rings. The minimum absolute atomic E-state index is 0.0203. The molecular formula is C23H26ClN9O2. The molecule has 35 heavy (non-hydrogen) atoms. The van der Waals surface area contributed by atoms with E-state index in [0.29, 0.717) is 16.8 Å².